The van der Waals surface area contributed by atoms with Gasteiger partial charge in [-0.2, -0.15) is 5.26 Å². The van der Waals surface area contributed by atoms with E-state index in [0.717, 1.165) is 0 Å². The molecule has 0 spiro atoms. The molecule has 102 valence electrons. The second-order valence-electron chi connectivity index (χ2n) is 5.97. The lowest BCUT2D eigenvalue weighted by molar-refractivity contribution is -0.123. The van der Waals surface area contributed by atoms with Gasteiger partial charge < -0.3 is 10.4 Å². The summed E-state index contributed by atoms with van der Waals surface area (Å²) in [7, 11) is 0. The molecule has 0 radical (unpaired) electrons. The number of hydrogen-bond acceptors (Lipinski definition) is 4. The number of nitrogens with zero attached hydrogens (tertiary/aromatic N) is 2. The van der Waals surface area contributed by atoms with Crippen LogP contribution in [0.25, 0.3) is 0 Å². The van der Waals surface area contributed by atoms with Gasteiger partial charge in [-0.05, 0) is 26.2 Å². The van der Waals surface area contributed by atoms with Crippen LogP contribution >= 0.6 is 0 Å². The highest BCUT2D eigenvalue weighted by Crippen LogP contribution is 2.20. The molecule has 0 bridgehead atoms. The first-order valence-corrected chi connectivity index (χ1v) is 6.35. The molecule has 0 aromatic carbocycles. The molecule has 1 aliphatic heterocycles. The smallest absolute Gasteiger partial charge is 0.235 e. The number of carbonyl (C=O) groups is 1. The van der Waals surface area contributed by atoms with Crippen molar-refractivity contribution in [3.8, 4) is 6.07 Å². The number of β-amino-alcohol motifs (C(OH)–C–C–N with tert-alkyl or cyclic N) is 1. The summed E-state index contributed by atoms with van der Waals surface area (Å²) in [4.78, 5) is 13.8. The van der Waals surface area contributed by atoms with E-state index >= 15 is 0 Å². The van der Waals surface area contributed by atoms with E-state index in [-0.39, 0.29) is 18.4 Å². The van der Waals surface area contributed by atoms with Crippen molar-refractivity contribution in [1.29, 1.82) is 5.26 Å². The predicted molar refractivity (Wildman–Crippen MR) is 68.7 cm³/mol. The van der Waals surface area contributed by atoms with Crippen molar-refractivity contribution in [3.05, 3.63) is 0 Å². The van der Waals surface area contributed by atoms with Crippen molar-refractivity contribution < 1.29 is 9.90 Å². The van der Waals surface area contributed by atoms with Gasteiger partial charge in [0.2, 0.25) is 5.91 Å². The summed E-state index contributed by atoms with van der Waals surface area (Å²) < 4.78 is 0. The van der Waals surface area contributed by atoms with Crippen LogP contribution in [-0.2, 0) is 4.79 Å². The molecule has 1 aliphatic rings. The van der Waals surface area contributed by atoms with Crippen LogP contribution in [0.5, 0.6) is 0 Å². The van der Waals surface area contributed by atoms with E-state index in [1.54, 1.807) is 13.8 Å². The fraction of sp³-hybridized carbons (Fsp3) is 0.846. The summed E-state index contributed by atoms with van der Waals surface area (Å²) in [5.74, 6) is -0.112. The number of nitrogens with one attached hydrogen (secondary N) is 1. The van der Waals surface area contributed by atoms with Crippen LogP contribution in [-0.4, -0.2) is 46.7 Å². The van der Waals surface area contributed by atoms with Crippen molar-refractivity contribution in [2.45, 2.75) is 45.3 Å². The second kappa shape index (κ2) is 5.25. The molecule has 1 rings (SSSR count). The van der Waals surface area contributed by atoms with Crippen LogP contribution < -0.4 is 5.32 Å². The monoisotopic (exact) mass is 253 g/mol. The van der Waals surface area contributed by atoms with Crippen LogP contribution in [0.15, 0.2) is 0 Å². The van der Waals surface area contributed by atoms with E-state index in [1.807, 2.05) is 18.7 Å². The molecular formula is C13H23N3O2. The molecule has 1 amide bonds. The Morgan fingerprint density at radius 1 is 1.67 bits per heavy atom. The molecule has 0 aliphatic carbocycles. The Kier molecular flexibility index (Phi) is 4.36. The van der Waals surface area contributed by atoms with Crippen molar-refractivity contribution >= 4 is 5.91 Å². The summed E-state index contributed by atoms with van der Waals surface area (Å²) in [6.07, 6.45) is 0.681. The summed E-state index contributed by atoms with van der Waals surface area (Å²) in [5.41, 5.74) is -1.53. The zero-order chi connectivity index (χ0) is 14.0. The highest BCUT2D eigenvalue weighted by atomic mass is 16.3. The molecule has 2 atom stereocenters. The van der Waals surface area contributed by atoms with Crippen molar-refractivity contribution in [2.24, 2.45) is 5.92 Å². The molecule has 18 heavy (non-hydrogen) atoms. The Morgan fingerprint density at radius 3 is 2.67 bits per heavy atom. The maximum absolute atomic E-state index is 11.9. The summed E-state index contributed by atoms with van der Waals surface area (Å²) in [6, 6.07) is 2.15. The van der Waals surface area contributed by atoms with Crippen LogP contribution in [0.1, 0.15) is 34.1 Å². The first-order valence-electron chi connectivity index (χ1n) is 6.35. The van der Waals surface area contributed by atoms with E-state index in [4.69, 9.17) is 5.26 Å². The molecule has 2 N–H and O–H groups in total. The lowest BCUT2D eigenvalue weighted by atomic mass is 9.90. The molecule has 0 aromatic rings. The quantitative estimate of drug-likeness (QED) is 0.765. The minimum Gasteiger partial charge on any atom is -0.389 e. The number of nitriles is 1. The molecule has 2 unspecified atom stereocenters. The Morgan fingerprint density at radius 2 is 2.28 bits per heavy atom. The average molecular weight is 253 g/mol. The van der Waals surface area contributed by atoms with E-state index < -0.39 is 11.1 Å². The summed E-state index contributed by atoms with van der Waals surface area (Å²) in [6.45, 7) is 8.78. The number of likely N-dealkylation sites (tertiary alicyclic amines) is 1. The number of carbonyl (C=O) groups excluding carboxylic acids is 1. The Labute approximate surface area is 109 Å². The molecular weight excluding hydrogens is 230 g/mol. The van der Waals surface area contributed by atoms with Gasteiger partial charge in [-0.3, -0.25) is 9.69 Å². The lowest BCUT2D eigenvalue weighted by Crippen LogP contribution is -2.51. The minimum atomic E-state index is -0.834. The van der Waals surface area contributed by atoms with Crippen LogP contribution in [0.4, 0.5) is 0 Å². The van der Waals surface area contributed by atoms with E-state index in [9.17, 15) is 9.90 Å². The Balaban J connectivity index is 2.51. The van der Waals surface area contributed by atoms with Crippen molar-refractivity contribution in [1.82, 2.24) is 10.2 Å². The van der Waals surface area contributed by atoms with E-state index in [0.29, 0.717) is 19.5 Å². The molecule has 5 heteroatoms. The SMILES string of the molecule is CC(C)C(C)(C#N)NC(=O)CN1CCC(C)(O)C1. The third-order valence-electron chi connectivity index (χ3n) is 3.68. The standard InChI is InChI=1S/C13H23N3O2/c1-10(2)13(4,8-14)15-11(17)7-16-6-5-12(3,18)9-16/h10,18H,5-7,9H2,1-4H3,(H,15,17). The lowest BCUT2D eigenvalue weighted by Gasteiger charge is -2.28. The Bertz CT molecular complexity index is 360. The molecule has 1 heterocycles. The number of aliphatic hydroxyl groups is 1. The average Bonchev–Trinajstić information content (AvgIpc) is 2.57. The normalized spacial score (nSPS) is 27.8. The summed E-state index contributed by atoms with van der Waals surface area (Å²) in [5, 5.41) is 21.7. The number of amides is 1. The van der Waals surface area contributed by atoms with Gasteiger partial charge in [-0.15, -0.1) is 0 Å². The van der Waals surface area contributed by atoms with Crippen molar-refractivity contribution in [3.63, 3.8) is 0 Å². The van der Waals surface area contributed by atoms with Gasteiger partial charge in [-0.1, -0.05) is 13.8 Å². The van der Waals surface area contributed by atoms with Crippen LogP contribution in [0, 0.1) is 17.2 Å². The van der Waals surface area contributed by atoms with Gasteiger partial charge in [0.05, 0.1) is 18.2 Å². The summed E-state index contributed by atoms with van der Waals surface area (Å²) >= 11 is 0. The van der Waals surface area contributed by atoms with Gasteiger partial charge in [0.1, 0.15) is 5.54 Å². The molecule has 1 saturated heterocycles. The first-order chi connectivity index (χ1) is 8.18. The largest absolute Gasteiger partial charge is 0.389 e. The van der Waals surface area contributed by atoms with E-state index in [2.05, 4.69) is 11.4 Å². The third-order valence-corrected chi connectivity index (χ3v) is 3.68. The predicted octanol–water partition coefficient (Wildman–Crippen LogP) is 0.498. The molecule has 0 saturated carbocycles. The maximum atomic E-state index is 11.9. The highest BCUT2D eigenvalue weighted by molar-refractivity contribution is 5.79. The van der Waals surface area contributed by atoms with Crippen LogP contribution in [0.2, 0.25) is 0 Å². The fourth-order valence-electron chi connectivity index (χ4n) is 2.01. The van der Waals surface area contributed by atoms with Gasteiger partial charge in [-0.25, -0.2) is 0 Å². The third kappa shape index (κ3) is 3.69. The van der Waals surface area contributed by atoms with Gasteiger partial charge in [0.15, 0.2) is 0 Å². The number of rotatable bonds is 4. The van der Waals surface area contributed by atoms with Gasteiger partial charge in [0.25, 0.3) is 0 Å². The zero-order valence-electron chi connectivity index (χ0n) is 11.7. The second-order valence-corrected chi connectivity index (χ2v) is 5.97. The molecule has 5 nitrogen and oxygen atoms in total. The number of hydrogen-bond donors (Lipinski definition) is 2. The Hall–Kier alpha value is -1.12. The molecule has 1 fully saturated rings. The zero-order valence-corrected chi connectivity index (χ0v) is 11.7. The maximum Gasteiger partial charge on any atom is 0.235 e. The highest BCUT2D eigenvalue weighted by Gasteiger charge is 2.34. The van der Waals surface area contributed by atoms with Gasteiger partial charge >= 0.3 is 0 Å². The van der Waals surface area contributed by atoms with Crippen LogP contribution in [0.3, 0.4) is 0 Å². The van der Waals surface area contributed by atoms with E-state index in [1.165, 1.54) is 0 Å². The molecule has 0 aromatic heterocycles. The minimum absolute atomic E-state index is 0.0492. The topological polar surface area (TPSA) is 76.4 Å². The van der Waals surface area contributed by atoms with Gasteiger partial charge in [0, 0.05) is 13.1 Å². The van der Waals surface area contributed by atoms with Crippen molar-refractivity contribution in [2.75, 3.05) is 19.6 Å². The first kappa shape index (κ1) is 14.9. The fourth-order valence-corrected chi connectivity index (χ4v) is 2.01.